The number of hydrogen-bond donors (Lipinski definition) is 2. The van der Waals surface area contributed by atoms with Crippen LogP contribution < -0.4 is 9.46 Å². The molecule has 0 radical (unpaired) electrons. The topological polar surface area (TPSA) is 90.9 Å². The Labute approximate surface area is 139 Å². The summed E-state index contributed by atoms with van der Waals surface area (Å²) in [5.74, 6) is 0.164. The number of fused-ring (bicyclic) bond motifs is 1. The fraction of sp³-hybridized carbons (Fsp3) is 0.562. The van der Waals surface area contributed by atoms with Crippen LogP contribution in [-0.4, -0.2) is 34.1 Å². The number of phenolic OH excluding ortho intramolecular Hbond substituents is 1. The predicted molar refractivity (Wildman–Crippen MR) is 87.6 cm³/mol. The number of carbonyl (C=O) groups excluding carboxylic acids is 1. The summed E-state index contributed by atoms with van der Waals surface area (Å²) in [7, 11) is 1.33. The van der Waals surface area contributed by atoms with Gasteiger partial charge < -0.3 is 19.1 Å². The van der Waals surface area contributed by atoms with E-state index in [9.17, 15) is 14.5 Å². The molecule has 2 N–H and O–H groups in total. The average Bonchev–Trinajstić information content (AvgIpc) is 2.46. The van der Waals surface area contributed by atoms with Crippen molar-refractivity contribution in [1.29, 1.82) is 0 Å². The molecule has 1 aromatic rings. The van der Waals surface area contributed by atoms with Gasteiger partial charge in [0.15, 0.2) is 0 Å². The molecule has 0 aromatic heterocycles. The average molecular weight is 341 g/mol. The predicted octanol–water partition coefficient (Wildman–Crippen LogP) is 1.98. The molecule has 128 valence electrons. The number of hydrogen-bond acceptors (Lipinski definition) is 6. The van der Waals surface area contributed by atoms with Gasteiger partial charge in [-0.3, -0.25) is 4.79 Å². The van der Waals surface area contributed by atoms with Crippen LogP contribution in [0.1, 0.15) is 39.2 Å². The number of rotatable bonds is 4. The fourth-order valence-electron chi connectivity index (χ4n) is 2.47. The zero-order valence-corrected chi connectivity index (χ0v) is 14.7. The van der Waals surface area contributed by atoms with E-state index in [4.69, 9.17) is 9.47 Å². The van der Waals surface area contributed by atoms with Crippen molar-refractivity contribution in [3.63, 3.8) is 0 Å². The number of carbonyl (C=O) groups is 1. The maximum atomic E-state index is 12.6. The third kappa shape index (κ3) is 3.91. The minimum absolute atomic E-state index is 0.0342. The number of phenols is 1. The van der Waals surface area contributed by atoms with E-state index in [0.717, 1.165) is 0 Å². The first-order valence-corrected chi connectivity index (χ1v) is 8.56. The summed E-state index contributed by atoms with van der Waals surface area (Å²) in [6.07, 6.45) is 0.508. The summed E-state index contributed by atoms with van der Waals surface area (Å²) in [4.78, 5) is 11.9. The number of ether oxygens (including phenoxy) is 2. The van der Waals surface area contributed by atoms with Gasteiger partial charge in [0.25, 0.3) is 0 Å². The summed E-state index contributed by atoms with van der Waals surface area (Å²) >= 11 is -1.38. The molecule has 7 heteroatoms. The molecule has 1 aliphatic rings. The Morgan fingerprint density at radius 2 is 2.22 bits per heavy atom. The van der Waals surface area contributed by atoms with Gasteiger partial charge in [-0.2, -0.15) is 0 Å². The highest BCUT2D eigenvalue weighted by atomic mass is 32.2. The van der Waals surface area contributed by atoms with E-state index in [0.29, 0.717) is 24.3 Å². The zero-order valence-electron chi connectivity index (χ0n) is 13.8. The molecule has 0 amide bonds. The Morgan fingerprint density at radius 1 is 1.52 bits per heavy atom. The molecule has 0 aliphatic carbocycles. The van der Waals surface area contributed by atoms with Gasteiger partial charge in [0, 0.05) is 29.4 Å². The Kier molecular flexibility index (Phi) is 5.13. The van der Waals surface area contributed by atoms with Crippen LogP contribution in [0.25, 0.3) is 0 Å². The monoisotopic (exact) mass is 341 g/mol. The van der Waals surface area contributed by atoms with Gasteiger partial charge in [0.05, 0.1) is 20.1 Å². The molecule has 6 nitrogen and oxygen atoms in total. The first kappa shape index (κ1) is 17.9. The van der Waals surface area contributed by atoms with Crippen LogP contribution in [0.2, 0.25) is 0 Å². The molecule has 2 rings (SSSR count). The van der Waals surface area contributed by atoms with Crippen molar-refractivity contribution >= 4 is 17.3 Å². The Hall–Kier alpha value is -1.44. The summed E-state index contributed by atoms with van der Waals surface area (Å²) < 4.78 is 25.7. The van der Waals surface area contributed by atoms with Gasteiger partial charge in [0.2, 0.25) is 0 Å². The van der Waals surface area contributed by atoms with Crippen LogP contribution in [0.3, 0.4) is 0 Å². The molecule has 2 atom stereocenters. The first-order valence-electron chi connectivity index (χ1n) is 7.41. The number of esters is 1. The minimum Gasteiger partial charge on any atom is -0.598 e. The van der Waals surface area contributed by atoms with Gasteiger partial charge in [-0.25, -0.2) is 0 Å². The molecule has 0 saturated heterocycles. The summed E-state index contributed by atoms with van der Waals surface area (Å²) in [6.45, 7) is 5.93. The second-order valence-electron chi connectivity index (χ2n) is 6.60. The highest BCUT2D eigenvalue weighted by Crippen LogP contribution is 2.42. The first-order chi connectivity index (χ1) is 10.7. The Balaban J connectivity index is 2.45. The van der Waals surface area contributed by atoms with Crippen molar-refractivity contribution < 1.29 is 23.9 Å². The summed E-state index contributed by atoms with van der Waals surface area (Å²) in [6, 6.07) is 4.73. The Bertz CT molecular complexity index is 586. The van der Waals surface area contributed by atoms with Crippen LogP contribution in [0.4, 0.5) is 0 Å². The van der Waals surface area contributed by atoms with Crippen molar-refractivity contribution in [2.24, 2.45) is 0 Å². The maximum Gasteiger partial charge on any atom is 0.307 e. The summed E-state index contributed by atoms with van der Waals surface area (Å²) in [5, 5.41) is 9.65. The van der Waals surface area contributed by atoms with Crippen molar-refractivity contribution in [2.75, 3.05) is 13.7 Å². The summed E-state index contributed by atoms with van der Waals surface area (Å²) in [5.41, 5.74) is -0.156. The van der Waals surface area contributed by atoms with Gasteiger partial charge in [0.1, 0.15) is 21.8 Å². The van der Waals surface area contributed by atoms with E-state index < -0.39 is 27.6 Å². The third-order valence-electron chi connectivity index (χ3n) is 3.79. The second-order valence-corrected chi connectivity index (χ2v) is 8.56. The fourth-order valence-corrected chi connectivity index (χ4v) is 3.42. The normalized spacial score (nSPS) is 22.0. The molecule has 0 saturated carbocycles. The quantitative estimate of drug-likeness (QED) is 0.643. The molecule has 1 unspecified atom stereocenters. The largest absolute Gasteiger partial charge is 0.598 e. The SMILES string of the molecule is COC(=O)C[C@]1(N[S+]([O-])C(C)(C)C)CCOc2cc(O)ccc21. The van der Waals surface area contributed by atoms with Crippen LogP contribution in [0.15, 0.2) is 18.2 Å². The van der Waals surface area contributed by atoms with Crippen molar-refractivity contribution in [3.05, 3.63) is 23.8 Å². The van der Waals surface area contributed by atoms with Gasteiger partial charge in [-0.05, 0) is 32.9 Å². The molecule has 23 heavy (non-hydrogen) atoms. The van der Waals surface area contributed by atoms with Crippen LogP contribution in [0, 0.1) is 0 Å². The smallest absolute Gasteiger partial charge is 0.307 e. The minimum atomic E-state index is -1.38. The molecule has 0 spiro atoms. The highest BCUT2D eigenvalue weighted by Gasteiger charge is 2.46. The van der Waals surface area contributed by atoms with E-state index in [2.05, 4.69) is 4.72 Å². The molecule has 1 aromatic carbocycles. The van der Waals surface area contributed by atoms with Crippen molar-refractivity contribution in [1.82, 2.24) is 4.72 Å². The van der Waals surface area contributed by atoms with E-state index >= 15 is 0 Å². The van der Waals surface area contributed by atoms with Gasteiger partial charge in [-0.15, -0.1) is 4.72 Å². The second kappa shape index (κ2) is 6.59. The van der Waals surface area contributed by atoms with Crippen molar-refractivity contribution in [3.8, 4) is 11.5 Å². The zero-order chi connectivity index (χ0) is 17.3. The van der Waals surface area contributed by atoms with Crippen molar-refractivity contribution in [2.45, 2.75) is 43.9 Å². The number of nitrogens with one attached hydrogen (secondary N) is 1. The lowest BCUT2D eigenvalue weighted by atomic mass is 9.82. The van der Waals surface area contributed by atoms with Crippen LogP contribution in [-0.2, 0) is 26.4 Å². The lowest BCUT2D eigenvalue weighted by Crippen LogP contribution is -2.54. The third-order valence-corrected chi connectivity index (χ3v) is 5.47. The van der Waals surface area contributed by atoms with Gasteiger partial charge >= 0.3 is 5.97 Å². The van der Waals surface area contributed by atoms with E-state index in [-0.39, 0.29) is 12.2 Å². The molecule has 1 heterocycles. The lowest BCUT2D eigenvalue weighted by Gasteiger charge is -2.40. The maximum absolute atomic E-state index is 12.6. The lowest BCUT2D eigenvalue weighted by molar-refractivity contribution is -0.142. The molecular formula is C16H23NO5S. The van der Waals surface area contributed by atoms with Crippen LogP contribution >= 0.6 is 0 Å². The molecule has 0 fully saturated rings. The number of benzene rings is 1. The molecule has 0 bridgehead atoms. The van der Waals surface area contributed by atoms with E-state index in [1.807, 2.05) is 20.8 Å². The van der Waals surface area contributed by atoms with E-state index in [1.54, 1.807) is 6.07 Å². The number of methoxy groups -OCH3 is 1. The van der Waals surface area contributed by atoms with Gasteiger partial charge in [-0.1, -0.05) is 0 Å². The standard InChI is InChI=1S/C16H23NO5S/c1-15(2,3)23(20)17-16(10-14(19)21-4)7-8-22-13-9-11(18)5-6-12(13)16/h5-6,9,17-18H,7-8,10H2,1-4H3/t16-,23?/m1/s1. The Morgan fingerprint density at radius 3 is 2.83 bits per heavy atom. The highest BCUT2D eigenvalue weighted by molar-refractivity contribution is 7.90. The molecule has 1 aliphatic heterocycles. The van der Waals surface area contributed by atoms with Crippen LogP contribution in [0.5, 0.6) is 11.5 Å². The molecular weight excluding hydrogens is 318 g/mol. The van der Waals surface area contributed by atoms with E-state index in [1.165, 1.54) is 19.2 Å². The number of aromatic hydroxyl groups is 1.